The van der Waals surface area contributed by atoms with Gasteiger partial charge >= 0.3 is 0 Å². The molecule has 2 aromatic heterocycles. The monoisotopic (exact) mass is 497 g/mol. The summed E-state index contributed by atoms with van der Waals surface area (Å²) < 4.78 is 1.95. The molecule has 0 unspecified atom stereocenters. The molecule has 0 N–H and O–H groups in total. The van der Waals surface area contributed by atoms with Crippen molar-refractivity contribution in [2.24, 2.45) is 5.92 Å². The van der Waals surface area contributed by atoms with Gasteiger partial charge in [0.2, 0.25) is 5.91 Å². The van der Waals surface area contributed by atoms with Crippen LogP contribution in [0, 0.1) is 5.92 Å². The Morgan fingerprint density at radius 3 is 2.49 bits per heavy atom. The second-order valence-corrected chi connectivity index (χ2v) is 10.8. The quantitative estimate of drug-likeness (QED) is 0.507. The maximum Gasteiger partial charge on any atom is 0.275 e. The second kappa shape index (κ2) is 10.5. The Morgan fingerprint density at radius 1 is 0.892 bits per heavy atom. The van der Waals surface area contributed by atoms with Crippen LogP contribution in [0.15, 0.2) is 48.7 Å². The van der Waals surface area contributed by atoms with E-state index in [0.29, 0.717) is 57.2 Å². The van der Waals surface area contributed by atoms with Gasteiger partial charge < -0.3 is 9.80 Å². The Hall–Kier alpha value is -3.48. The van der Waals surface area contributed by atoms with Crippen LogP contribution in [0.1, 0.15) is 77.1 Å². The normalized spacial score (nSPS) is 17.5. The fourth-order valence-corrected chi connectivity index (χ4v) is 6.25. The molecule has 1 fully saturated rings. The van der Waals surface area contributed by atoms with E-state index in [1.54, 1.807) is 6.20 Å². The molecule has 0 radical (unpaired) electrons. The first-order valence-corrected chi connectivity index (χ1v) is 13.8. The van der Waals surface area contributed by atoms with Crippen molar-refractivity contribution < 1.29 is 9.59 Å². The molecule has 2 aliphatic heterocycles. The van der Waals surface area contributed by atoms with E-state index in [0.717, 1.165) is 29.8 Å². The number of pyridine rings is 1. The third-order valence-electron chi connectivity index (χ3n) is 8.39. The Morgan fingerprint density at radius 2 is 1.68 bits per heavy atom. The van der Waals surface area contributed by atoms with E-state index in [1.165, 1.54) is 36.8 Å². The molecular formula is C30H35N5O2. The van der Waals surface area contributed by atoms with Crippen molar-refractivity contribution in [2.75, 3.05) is 13.1 Å². The number of hydrogen-bond donors (Lipinski definition) is 0. The molecule has 192 valence electrons. The molecule has 1 aromatic carbocycles. The van der Waals surface area contributed by atoms with Crippen molar-refractivity contribution >= 4 is 11.8 Å². The molecule has 1 saturated carbocycles. The predicted molar refractivity (Wildman–Crippen MR) is 141 cm³/mol. The van der Waals surface area contributed by atoms with Gasteiger partial charge in [-0.3, -0.25) is 19.3 Å². The summed E-state index contributed by atoms with van der Waals surface area (Å²) in [7, 11) is 0. The molecule has 3 aromatic rings. The first-order valence-electron chi connectivity index (χ1n) is 13.8. The van der Waals surface area contributed by atoms with Crippen LogP contribution in [-0.4, -0.2) is 49.5 Å². The van der Waals surface area contributed by atoms with Gasteiger partial charge in [-0.2, -0.15) is 5.10 Å². The van der Waals surface area contributed by atoms with Crippen LogP contribution in [0.25, 0.3) is 0 Å². The molecule has 6 rings (SSSR count). The highest BCUT2D eigenvalue weighted by molar-refractivity contribution is 5.94. The molecule has 4 heterocycles. The van der Waals surface area contributed by atoms with Gasteiger partial charge in [0.05, 0.1) is 12.2 Å². The smallest absolute Gasteiger partial charge is 0.275 e. The summed E-state index contributed by atoms with van der Waals surface area (Å²) in [6.07, 6.45) is 10.1. The molecule has 0 spiro atoms. The Labute approximate surface area is 218 Å². The lowest BCUT2D eigenvalue weighted by atomic mass is 9.98. The Bertz CT molecular complexity index is 1280. The fourth-order valence-electron chi connectivity index (χ4n) is 6.25. The predicted octanol–water partition coefficient (Wildman–Crippen LogP) is 4.38. The van der Waals surface area contributed by atoms with E-state index in [1.807, 2.05) is 38.7 Å². The van der Waals surface area contributed by atoms with E-state index in [4.69, 9.17) is 5.10 Å². The van der Waals surface area contributed by atoms with Gasteiger partial charge in [0, 0.05) is 56.5 Å². The number of carbonyl (C=O) groups excluding carboxylic acids is 2. The largest absolute Gasteiger partial charge is 0.338 e. The fraction of sp³-hybridized carbons (Fsp3) is 0.467. The van der Waals surface area contributed by atoms with Crippen molar-refractivity contribution in [3.63, 3.8) is 0 Å². The maximum absolute atomic E-state index is 13.9. The first kappa shape index (κ1) is 23.9. The number of nitrogens with zero attached hydrogens (tertiary/aromatic N) is 5. The lowest BCUT2D eigenvalue weighted by Crippen LogP contribution is -2.39. The van der Waals surface area contributed by atoms with Crippen LogP contribution < -0.4 is 0 Å². The molecule has 0 saturated heterocycles. The third-order valence-corrected chi connectivity index (χ3v) is 8.39. The minimum Gasteiger partial charge on any atom is -0.338 e. The van der Waals surface area contributed by atoms with Crippen molar-refractivity contribution in [2.45, 2.75) is 71.0 Å². The molecule has 0 bridgehead atoms. The molecule has 2 amide bonds. The molecule has 1 aliphatic carbocycles. The number of amides is 2. The SMILES string of the molecule is O=C(CCC1CCCC1)N1CCc2c(c(C(=O)N3CCc4ccccc4C3)nn2Cc2ccccn2)C1. The summed E-state index contributed by atoms with van der Waals surface area (Å²) in [4.78, 5) is 35.4. The summed E-state index contributed by atoms with van der Waals surface area (Å²) in [5.41, 5.74) is 5.90. The van der Waals surface area contributed by atoms with E-state index < -0.39 is 0 Å². The van der Waals surface area contributed by atoms with Crippen molar-refractivity contribution in [1.29, 1.82) is 0 Å². The van der Waals surface area contributed by atoms with Gasteiger partial charge in [0.25, 0.3) is 5.91 Å². The summed E-state index contributed by atoms with van der Waals surface area (Å²) in [5.74, 6) is 0.871. The number of fused-ring (bicyclic) bond motifs is 2. The van der Waals surface area contributed by atoms with Gasteiger partial charge in [-0.05, 0) is 42.0 Å². The van der Waals surface area contributed by atoms with E-state index >= 15 is 0 Å². The number of rotatable bonds is 6. The highest BCUT2D eigenvalue weighted by atomic mass is 16.2. The Balaban J connectivity index is 1.25. The summed E-state index contributed by atoms with van der Waals surface area (Å²) in [5, 5.41) is 4.87. The van der Waals surface area contributed by atoms with Crippen LogP contribution >= 0.6 is 0 Å². The lowest BCUT2D eigenvalue weighted by Gasteiger charge is -2.30. The minimum absolute atomic E-state index is 0.0363. The van der Waals surface area contributed by atoms with Crippen molar-refractivity contribution in [1.82, 2.24) is 24.6 Å². The number of benzene rings is 1. The van der Waals surface area contributed by atoms with Gasteiger partial charge in [0.15, 0.2) is 5.69 Å². The second-order valence-electron chi connectivity index (χ2n) is 10.8. The summed E-state index contributed by atoms with van der Waals surface area (Å²) in [6.45, 7) is 2.94. The van der Waals surface area contributed by atoms with Crippen LogP contribution in [0.5, 0.6) is 0 Å². The minimum atomic E-state index is -0.0363. The van der Waals surface area contributed by atoms with Gasteiger partial charge in [-0.15, -0.1) is 0 Å². The zero-order chi connectivity index (χ0) is 25.2. The average molecular weight is 498 g/mol. The highest BCUT2D eigenvalue weighted by Gasteiger charge is 2.33. The molecule has 7 heteroatoms. The molecule has 3 aliphatic rings. The lowest BCUT2D eigenvalue weighted by molar-refractivity contribution is -0.132. The van der Waals surface area contributed by atoms with E-state index in [2.05, 4.69) is 23.2 Å². The summed E-state index contributed by atoms with van der Waals surface area (Å²) >= 11 is 0. The van der Waals surface area contributed by atoms with E-state index in [9.17, 15) is 9.59 Å². The van der Waals surface area contributed by atoms with Gasteiger partial charge in [-0.25, -0.2) is 0 Å². The molecular weight excluding hydrogens is 462 g/mol. The standard InChI is InChI=1S/C30H35N5O2/c36-28(13-12-22-7-1-2-8-22)33-18-15-27-26(21-33)29(32-35(27)20-25-11-5-6-16-31-25)30(37)34-17-14-23-9-3-4-10-24(23)19-34/h3-6,9-11,16,22H,1-2,7-8,12-15,17-21H2. The first-order chi connectivity index (χ1) is 18.2. The van der Waals surface area contributed by atoms with Crippen LogP contribution in [0.2, 0.25) is 0 Å². The van der Waals surface area contributed by atoms with Gasteiger partial charge in [0.1, 0.15) is 0 Å². The number of hydrogen-bond acceptors (Lipinski definition) is 4. The zero-order valence-electron chi connectivity index (χ0n) is 21.4. The average Bonchev–Trinajstić information content (AvgIpc) is 3.59. The Kier molecular flexibility index (Phi) is 6.77. The highest BCUT2D eigenvalue weighted by Crippen LogP contribution is 2.30. The van der Waals surface area contributed by atoms with Crippen LogP contribution in [0.4, 0.5) is 0 Å². The molecule has 7 nitrogen and oxygen atoms in total. The summed E-state index contributed by atoms with van der Waals surface area (Å²) in [6, 6.07) is 14.2. The number of aromatic nitrogens is 3. The van der Waals surface area contributed by atoms with E-state index in [-0.39, 0.29) is 11.8 Å². The van der Waals surface area contributed by atoms with Crippen LogP contribution in [-0.2, 0) is 37.3 Å². The van der Waals surface area contributed by atoms with Crippen molar-refractivity contribution in [3.8, 4) is 0 Å². The zero-order valence-corrected chi connectivity index (χ0v) is 21.4. The maximum atomic E-state index is 13.9. The molecule has 37 heavy (non-hydrogen) atoms. The van der Waals surface area contributed by atoms with Crippen LogP contribution in [0.3, 0.4) is 0 Å². The molecule has 0 atom stereocenters. The number of carbonyl (C=O) groups is 2. The van der Waals surface area contributed by atoms with Gasteiger partial charge in [-0.1, -0.05) is 56.0 Å². The topological polar surface area (TPSA) is 71.3 Å². The third kappa shape index (κ3) is 5.04. The van der Waals surface area contributed by atoms with Crippen molar-refractivity contribution in [3.05, 3.63) is 82.4 Å².